The van der Waals surface area contributed by atoms with Crippen LogP contribution in [0.3, 0.4) is 0 Å². The molecule has 0 unspecified atom stereocenters. The highest BCUT2D eigenvalue weighted by molar-refractivity contribution is 7.12. The number of nitrogens with one attached hydrogen (secondary N) is 2. The van der Waals surface area contributed by atoms with Gasteiger partial charge in [0.1, 0.15) is 6.61 Å². The average Bonchev–Trinajstić information content (AvgIpc) is 3.02. The minimum absolute atomic E-state index is 0.0329. The number of carbonyl (C=O) groups excluding carboxylic acids is 4. The van der Waals surface area contributed by atoms with Gasteiger partial charge in [0.05, 0.1) is 30.3 Å². The number of esters is 2. The van der Waals surface area contributed by atoms with Crippen LogP contribution in [0, 0.1) is 13.8 Å². The number of aryl methyl sites for hydroxylation is 2. The standard InChI is InChI=1S/C20H26N2O6S/c1-5-14-18(19(25)27-6-2)15(22-20(26)21-14)10-28-17(24)8-7-16(23)13-9-11(3)29-12(13)4/h9,14H,5-8,10H2,1-4H3,(H2,21,22,26)/t14-/m1/s1. The lowest BCUT2D eigenvalue weighted by Gasteiger charge is -2.28. The summed E-state index contributed by atoms with van der Waals surface area (Å²) in [7, 11) is 0. The molecule has 2 heterocycles. The number of amides is 2. The van der Waals surface area contributed by atoms with E-state index in [9.17, 15) is 19.2 Å². The fourth-order valence-electron chi connectivity index (χ4n) is 3.06. The van der Waals surface area contributed by atoms with E-state index < -0.39 is 24.0 Å². The van der Waals surface area contributed by atoms with Crippen molar-refractivity contribution in [3.05, 3.63) is 32.7 Å². The Morgan fingerprint density at radius 1 is 1.14 bits per heavy atom. The van der Waals surface area contributed by atoms with Crippen LogP contribution in [0.1, 0.15) is 53.2 Å². The first-order valence-corrected chi connectivity index (χ1v) is 10.3. The van der Waals surface area contributed by atoms with E-state index in [4.69, 9.17) is 9.47 Å². The molecule has 0 radical (unpaired) electrons. The minimum atomic E-state index is -0.584. The Labute approximate surface area is 173 Å². The van der Waals surface area contributed by atoms with Crippen molar-refractivity contribution in [2.45, 2.75) is 53.0 Å². The van der Waals surface area contributed by atoms with Crippen LogP contribution < -0.4 is 10.6 Å². The molecule has 1 atom stereocenters. The molecule has 2 rings (SSSR count). The third-order valence-corrected chi connectivity index (χ3v) is 5.39. The van der Waals surface area contributed by atoms with Crippen LogP contribution in [-0.4, -0.2) is 43.0 Å². The highest BCUT2D eigenvalue weighted by atomic mass is 32.1. The predicted molar refractivity (Wildman–Crippen MR) is 108 cm³/mol. The van der Waals surface area contributed by atoms with Gasteiger partial charge < -0.3 is 20.1 Å². The smallest absolute Gasteiger partial charge is 0.338 e. The number of rotatable bonds is 9. The molecule has 29 heavy (non-hydrogen) atoms. The van der Waals surface area contributed by atoms with E-state index in [-0.39, 0.29) is 43.1 Å². The van der Waals surface area contributed by atoms with Gasteiger partial charge in [0.15, 0.2) is 5.78 Å². The van der Waals surface area contributed by atoms with Crippen molar-refractivity contribution in [2.24, 2.45) is 0 Å². The summed E-state index contributed by atoms with van der Waals surface area (Å²) in [5.41, 5.74) is 1.06. The first-order valence-electron chi connectivity index (χ1n) is 9.50. The lowest BCUT2D eigenvalue weighted by atomic mass is 10.0. The summed E-state index contributed by atoms with van der Waals surface area (Å²) in [6.07, 6.45) is 0.427. The molecule has 8 nitrogen and oxygen atoms in total. The Kier molecular flexibility index (Phi) is 7.95. The van der Waals surface area contributed by atoms with Crippen molar-refractivity contribution in [3.63, 3.8) is 0 Å². The van der Waals surface area contributed by atoms with Gasteiger partial charge in [-0.1, -0.05) is 6.92 Å². The van der Waals surface area contributed by atoms with Crippen molar-refractivity contribution in [3.8, 4) is 0 Å². The monoisotopic (exact) mass is 422 g/mol. The second kappa shape index (κ2) is 10.2. The zero-order valence-corrected chi connectivity index (χ0v) is 17.9. The third-order valence-electron chi connectivity index (χ3n) is 4.42. The Morgan fingerprint density at radius 2 is 1.86 bits per heavy atom. The Morgan fingerprint density at radius 3 is 2.45 bits per heavy atom. The predicted octanol–water partition coefficient (Wildman–Crippen LogP) is 2.78. The highest BCUT2D eigenvalue weighted by Crippen LogP contribution is 2.22. The number of urea groups is 1. The molecule has 1 aromatic rings. The van der Waals surface area contributed by atoms with Crippen molar-refractivity contribution < 1.29 is 28.7 Å². The summed E-state index contributed by atoms with van der Waals surface area (Å²) < 4.78 is 10.3. The van der Waals surface area contributed by atoms with Crippen LogP contribution >= 0.6 is 11.3 Å². The summed E-state index contributed by atoms with van der Waals surface area (Å²) in [5, 5.41) is 5.16. The van der Waals surface area contributed by atoms with Gasteiger partial charge in [-0.15, -0.1) is 11.3 Å². The van der Waals surface area contributed by atoms with E-state index in [1.807, 2.05) is 26.8 Å². The second-order valence-corrected chi connectivity index (χ2v) is 8.04. The quantitative estimate of drug-likeness (QED) is 0.468. The van der Waals surface area contributed by atoms with Gasteiger partial charge in [0.2, 0.25) is 0 Å². The molecule has 0 aliphatic carbocycles. The van der Waals surface area contributed by atoms with E-state index >= 15 is 0 Å². The summed E-state index contributed by atoms with van der Waals surface area (Å²) in [4.78, 5) is 50.5. The molecule has 0 fully saturated rings. The zero-order chi connectivity index (χ0) is 21.6. The molecule has 2 N–H and O–H groups in total. The normalized spacial score (nSPS) is 16.1. The Bertz CT molecular complexity index is 842. The van der Waals surface area contributed by atoms with Gasteiger partial charge in [0.25, 0.3) is 0 Å². The largest absolute Gasteiger partial charge is 0.463 e. The number of Topliss-reactive ketones (excluding diaryl/α,β-unsaturated/α-hetero) is 1. The van der Waals surface area contributed by atoms with E-state index in [1.165, 1.54) is 11.3 Å². The molecule has 0 saturated heterocycles. The van der Waals surface area contributed by atoms with E-state index in [2.05, 4.69) is 10.6 Å². The van der Waals surface area contributed by atoms with E-state index in [0.29, 0.717) is 12.0 Å². The van der Waals surface area contributed by atoms with Crippen molar-refractivity contribution in [1.29, 1.82) is 0 Å². The number of thiophene rings is 1. The van der Waals surface area contributed by atoms with Gasteiger partial charge in [0, 0.05) is 21.7 Å². The number of ether oxygens (including phenoxy) is 2. The number of ketones is 1. The number of hydrogen-bond acceptors (Lipinski definition) is 7. The molecular weight excluding hydrogens is 396 g/mol. The molecule has 0 saturated carbocycles. The van der Waals surface area contributed by atoms with Crippen LogP contribution in [0.15, 0.2) is 17.3 Å². The molecule has 0 aromatic carbocycles. The molecule has 0 spiro atoms. The van der Waals surface area contributed by atoms with Crippen LogP contribution in [0.4, 0.5) is 4.79 Å². The fraction of sp³-hybridized carbons (Fsp3) is 0.500. The molecule has 1 aliphatic heterocycles. The van der Waals surface area contributed by atoms with E-state index in [0.717, 1.165) is 9.75 Å². The molecular formula is C20H26N2O6S. The second-order valence-electron chi connectivity index (χ2n) is 6.58. The van der Waals surface area contributed by atoms with Gasteiger partial charge in [-0.2, -0.15) is 0 Å². The van der Waals surface area contributed by atoms with Crippen LogP contribution in [0.25, 0.3) is 0 Å². The number of hydrogen-bond donors (Lipinski definition) is 2. The zero-order valence-electron chi connectivity index (χ0n) is 17.0. The third kappa shape index (κ3) is 5.90. The van der Waals surface area contributed by atoms with Gasteiger partial charge in [-0.25, -0.2) is 9.59 Å². The Hall–Kier alpha value is -2.68. The van der Waals surface area contributed by atoms with Gasteiger partial charge >= 0.3 is 18.0 Å². The molecule has 2 amide bonds. The maximum atomic E-state index is 12.3. The summed E-state index contributed by atoms with van der Waals surface area (Å²) in [6, 6.07) is 0.817. The Balaban J connectivity index is 2.00. The molecule has 9 heteroatoms. The van der Waals surface area contributed by atoms with Crippen molar-refractivity contribution in [2.75, 3.05) is 13.2 Å². The van der Waals surface area contributed by atoms with E-state index in [1.54, 1.807) is 6.92 Å². The maximum absolute atomic E-state index is 12.3. The van der Waals surface area contributed by atoms with Crippen molar-refractivity contribution >= 4 is 35.1 Å². The first-order chi connectivity index (χ1) is 13.8. The molecule has 0 bridgehead atoms. The number of carbonyl (C=O) groups is 4. The lowest BCUT2D eigenvalue weighted by Crippen LogP contribution is -2.51. The van der Waals surface area contributed by atoms with Gasteiger partial charge in [-0.3, -0.25) is 9.59 Å². The maximum Gasteiger partial charge on any atom is 0.338 e. The minimum Gasteiger partial charge on any atom is -0.463 e. The lowest BCUT2D eigenvalue weighted by molar-refractivity contribution is -0.143. The van der Waals surface area contributed by atoms with Crippen molar-refractivity contribution in [1.82, 2.24) is 10.6 Å². The fourth-order valence-corrected chi connectivity index (χ4v) is 4.00. The summed E-state index contributed by atoms with van der Waals surface area (Å²) in [6.45, 7) is 7.20. The SMILES string of the molecule is CCOC(=O)C1=C(COC(=O)CCC(=O)c2cc(C)sc2C)NC(=O)N[C@@H]1CC. The van der Waals surface area contributed by atoms with Gasteiger partial charge in [-0.05, 0) is 33.3 Å². The molecule has 158 valence electrons. The highest BCUT2D eigenvalue weighted by Gasteiger charge is 2.32. The average molecular weight is 423 g/mol. The molecule has 1 aromatic heterocycles. The summed E-state index contributed by atoms with van der Waals surface area (Å²) >= 11 is 1.54. The van der Waals surface area contributed by atoms with Crippen LogP contribution in [0.5, 0.6) is 0 Å². The topological polar surface area (TPSA) is 111 Å². The summed E-state index contributed by atoms with van der Waals surface area (Å²) in [5.74, 6) is -1.27. The molecule has 1 aliphatic rings. The first kappa shape index (κ1) is 22.6. The van der Waals surface area contributed by atoms with Crippen LogP contribution in [-0.2, 0) is 19.1 Å². The van der Waals surface area contributed by atoms with Crippen LogP contribution in [0.2, 0.25) is 0 Å².